The van der Waals surface area contributed by atoms with Gasteiger partial charge in [-0.15, -0.1) is 0 Å². The van der Waals surface area contributed by atoms with Gasteiger partial charge in [-0.1, -0.05) is 6.07 Å². The number of carbonyl (C=O) groups excluding carboxylic acids is 1. The van der Waals surface area contributed by atoms with Crippen LogP contribution in [0.4, 0.5) is 11.8 Å². The summed E-state index contributed by atoms with van der Waals surface area (Å²) in [6, 6.07) is 6.58. The fourth-order valence-electron chi connectivity index (χ4n) is 1.53. The zero-order valence-electron chi connectivity index (χ0n) is 11.9. The molecule has 21 heavy (non-hydrogen) atoms. The van der Waals surface area contributed by atoms with Crippen LogP contribution in [0, 0.1) is 0 Å². The molecule has 8 nitrogen and oxygen atoms in total. The molecule has 0 unspecified atom stereocenters. The minimum atomic E-state index is -0.428. The Balaban J connectivity index is 2.22. The number of nitrogens with one attached hydrogen (secondary N) is 2. The van der Waals surface area contributed by atoms with Crippen molar-refractivity contribution in [2.75, 3.05) is 31.9 Å². The lowest BCUT2D eigenvalue weighted by atomic mass is 10.3. The molecular formula is C13H15N5O3. The normalized spacial score (nSPS) is 9.86. The van der Waals surface area contributed by atoms with Crippen LogP contribution in [0.3, 0.4) is 0 Å². The Bertz CT molecular complexity index is 625. The summed E-state index contributed by atoms with van der Waals surface area (Å²) in [6.07, 6.45) is 0. The molecule has 2 aromatic heterocycles. The molecule has 2 heterocycles. The molecule has 0 saturated heterocycles. The van der Waals surface area contributed by atoms with Gasteiger partial charge in [-0.25, -0.2) is 4.98 Å². The molecule has 2 aromatic rings. The van der Waals surface area contributed by atoms with Crippen LogP contribution in [0.25, 0.3) is 0 Å². The minimum absolute atomic E-state index is 0.0767. The first-order valence-corrected chi connectivity index (χ1v) is 6.09. The zero-order chi connectivity index (χ0) is 15.2. The van der Waals surface area contributed by atoms with E-state index in [1.165, 1.54) is 20.3 Å². The maximum Gasteiger partial charge on any atom is 0.276 e. The maximum atomic E-state index is 12.1. The molecule has 2 N–H and O–H groups in total. The molecule has 0 fully saturated rings. The van der Waals surface area contributed by atoms with Gasteiger partial charge in [-0.05, 0) is 12.1 Å². The van der Waals surface area contributed by atoms with Crippen LogP contribution in [-0.4, -0.2) is 42.1 Å². The van der Waals surface area contributed by atoms with Gasteiger partial charge in [0, 0.05) is 7.05 Å². The number of ether oxygens (including phenoxy) is 2. The molecule has 0 spiro atoms. The highest BCUT2D eigenvalue weighted by atomic mass is 16.5. The van der Waals surface area contributed by atoms with Crippen LogP contribution in [0.5, 0.6) is 11.8 Å². The second-order valence-corrected chi connectivity index (χ2v) is 3.89. The number of pyridine rings is 1. The van der Waals surface area contributed by atoms with Gasteiger partial charge in [0.25, 0.3) is 5.91 Å². The zero-order valence-corrected chi connectivity index (χ0v) is 11.9. The predicted molar refractivity (Wildman–Crippen MR) is 76.9 cm³/mol. The second-order valence-electron chi connectivity index (χ2n) is 3.89. The van der Waals surface area contributed by atoms with Crippen molar-refractivity contribution in [3.63, 3.8) is 0 Å². The van der Waals surface area contributed by atoms with Crippen LogP contribution < -0.4 is 20.1 Å². The van der Waals surface area contributed by atoms with Crippen molar-refractivity contribution in [3.8, 4) is 11.8 Å². The van der Waals surface area contributed by atoms with E-state index in [9.17, 15) is 4.79 Å². The first-order valence-electron chi connectivity index (χ1n) is 6.09. The van der Waals surface area contributed by atoms with Crippen molar-refractivity contribution in [1.82, 2.24) is 15.0 Å². The summed E-state index contributed by atoms with van der Waals surface area (Å²) in [5.74, 6) is 0.810. The molecule has 0 aliphatic heterocycles. The minimum Gasteiger partial charge on any atom is -0.481 e. The molecule has 0 bridgehead atoms. The average Bonchev–Trinajstić information content (AvgIpc) is 2.54. The number of rotatable bonds is 5. The highest BCUT2D eigenvalue weighted by Crippen LogP contribution is 2.17. The van der Waals surface area contributed by atoms with E-state index in [-0.39, 0.29) is 23.4 Å². The summed E-state index contributed by atoms with van der Waals surface area (Å²) < 4.78 is 10.0. The first-order chi connectivity index (χ1) is 10.2. The lowest BCUT2D eigenvalue weighted by molar-refractivity contribution is 0.102. The standard InChI is InChI=1S/C13H15N5O3/c1-14-9-6-4-5-8(15-9)12(19)18-13-16-10(20-2)7-11(17-13)21-3/h4-7H,1-3H3,(H,14,15)(H,16,17,18,19). The van der Waals surface area contributed by atoms with E-state index in [4.69, 9.17) is 9.47 Å². The van der Waals surface area contributed by atoms with Gasteiger partial charge in [-0.3, -0.25) is 10.1 Å². The largest absolute Gasteiger partial charge is 0.481 e. The Labute approximate surface area is 121 Å². The molecular weight excluding hydrogens is 274 g/mol. The molecule has 1 amide bonds. The van der Waals surface area contributed by atoms with E-state index in [2.05, 4.69) is 25.6 Å². The van der Waals surface area contributed by atoms with Crippen molar-refractivity contribution in [3.05, 3.63) is 30.0 Å². The summed E-state index contributed by atoms with van der Waals surface area (Å²) in [5, 5.41) is 5.41. The van der Waals surface area contributed by atoms with Crippen LogP contribution in [0.15, 0.2) is 24.3 Å². The summed E-state index contributed by atoms with van der Waals surface area (Å²) in [5.41, 5.74) is 0.243. The number of amides is 1. The molecule has 110 valence electrons. The Morgan fingerprint density at radius 3 is 2.33 bits per heavy atom. The Morgan fingerprint density at radius 2 is 1.76 bits per heavy atom. The molecule has 0 atom stereocenters. The fourth-order valence-corrected chi connectivity index (χ4v) is 1.53. The lowest BCUT2D eigenvalue weighted by Crippen LogP contribution is -2.16. The van der Waals surface area contributed by atoms with Gasteiger partial charge in [-0.2, -0.15) is 9.97 Å². The predicted octanol–water partition coefficient (Wildman–Crippen LogP) is 1.18. The Kier molecular flexibility index (Phi) is 4.50. The molecule has 0 radical (unpaired) electrons. The molecule has 0 aromatic carbocycles. The van der Waals surface area contributed by atoms with Crippen molar-refractivity contribution < 1.29 is 14.3 Å². The number of hydrogen-bond donors (Lipinski definition) is 2. The average molecular weight is 289 g/mol. The summed E-state index contributed by atoms with van der Waals surface area (Å²) >= 11 is 0. The topological polar surface area (TPSA) is 98.3 Å². The summed E-state index contributed by atoms with van der Waals surface area (Å²) in [4.78, 5) is 24.3. The van der Waals surface area contributed by atoms with E-state index >= 15 is 0 Å². The van der Waals surface area contributed by atoms with Gasteiger partial charge in [0.05, 0.1) is 20.3 Å². The highest BCUT2D eigenvalue weighted by Gasteiger charge is 2.12. The monoisotopic (exact) mass is 289 g/mol. The number of anilines is 2. The number of methoxy groups -OCH3 is 2. The first kappa shape index (κ1) is 14.5. The quantitative estimate of drug-likeness (QED) is 0.852. The fraction of sp³-hybridized carbons (Fsp3) is 0.231. The SMILES string of the molecule is CNc1cccc(C(=O)Nc2nc(OC)cc(OC)n2)n1. The molecule has 8 heteroatoms. The molecule has 2 rings (SSSR count). The number of nitrogens with zero attached hydrogens (tertiary/aromatic N) is 3. The van der Waals surface area contributed by atoms with Gasteiger partial charge >= 0.3 is 0 Å². The molecule has 0 saturated carbocycles. The van der Waals surface area contributed by atoms with Crippen LogP contribution in [0.1, 0.15) is 10.5 Å². The van der Waals surface area contributed by atoms with Crippen molar-refractivity contribution in [2.45, 2.75) is 0 Å². The van der Waals surface area contributed by atoms with E-state index in [0.717, 1.165) is 0 Å². The Morgan fingerprint density at radius 1 is 1.10 bits per heavy atom. The number of hydrogen-bond acceptors (Lipinski definition) is 7. The number of carbonyl (C=O) groups is 1. The maximum absolute atomic E-state index is 12.1. The number of aromatic nitrogens is 3. The summed E-state index contributed by atoms with van der Waals surface area (Å²) in [6.45, 7) is 0. The van der Waals surface area contributed by atoms with Crippen LogP contribution in [0.2, 0.25) is 0 Å². The van der Waals surface area contributed by atoms with Gasteiger partial charge in [0.15, 0.2) is 0 Å². The highest BCUT2D eigenvalue weighted by molar-refractivity contribution is 6.02. The van der Waals surface area contributed by atoms with Gasteiger partial charge < -0.3 is 14.8 Å². The molecule has 0 aliphatic carbocycles. The van der Waals surface area contributed by atoms with Crippen molar-refractivity contribution >= 4 is 17.7 Å². The van der Waals surface area contributed by atoms with Gasteiger partial charge in [0.1, 0.15) is 11.5 Å². The smallest absolute Gasteiger partial charge is 0.276 e. The molecule has 0 aliphatic rings. The third-order valence-electron chi connectivity index (χ3n) is 2.56. The van der Waals surface area contributed by atoms with E-state index in [1.54, 1.807) is 25.2 Å². The van der Waals surface area contributed by atoms with E-state index in [1.807, 2.05) is 0 Å². The third kappa shape index (κ3) is 3.56. The van der Waals surface area contributed by atoms with Crippen molar-refractivity contribution in [1.29, 1.82) is 0 Å². The van der Waals surface area contributed by atoms with Crippen molar-refractivity contribution in [2.24, 2.45) is 0 Å². The van der Waals surface area contributed by atoms with Crippen LogP contribution in [-0.2, 0) is 0 Å². The van der Waals surface area contributed by atoms with E-state index in [0.29, 0.717) is 5.82 Å². The summed E-state index contributed by atoms with van der Waals surface area (Å²) in [7, 11) is 4.65. The van der Waals surface area contributed by atoms with Crippen LogP contribution >= 0.6 is 0 Å². The lowest BCUT2D eigenvalue weighted by Gasteiger charge is -2.08. The van der Waals surface area contributed by atoms with Gasteiger partial charge in [0.2, 0.25) is 17.7 Å². The Hall–Kier alpha value is -2.90. The van der Waals surface area contributed by atoms with E-state index < -0.39 is 5.91 Å². The third-order valence-corrected chi connectivity index (χ3v) is 2.56. The second kappa shape index (κ2) is 6.51.